The highest BCUT2D eigenvalue weighted by molar-refractivity contribution is 9.10. The van der Waals surface area contributed by atoms with Crippen molar-refractivity contribution in [3.8, 4) is 0 Å². The van der Waals surface area contributed by atoms with Crippen LogP contribution in [0.3, 0.4) is 0 Å². The van der Waals surface area contributed by atoms with Gasteiger partial charge in [-0.05, 0) is 52.9 Å². The van der Waals surface area contributed by atoms with Crippen molar-refractivity contribution in [1.82, 2.24) is 5.32 Å². The lowest BCUT2D eigenvalue weighted by molar-refractivity contribution is 0.0951. The van der Waals surface area contributed by atoms with Gasteiger partial charge in [0.1, 0.15) is 0 Å². The topological polar surface area (TPSA) is 29.1 Å². The zero-order valence-corrected chi connectivity index (χ0v) is 13.3. The lowest BCUT2D eigenvalue weighted by Gasteiger charge is -2.10. The highest BCUT2D eigenvalue weighted by atomic mass is 79.9. The number of amides is 1. The zero-order chi connectivity index (χ0) is 13.7. The molecule has 2 rings (SSSR count). The highest BCUT2D eigenvalue weighted by Gasteiger charge is 2.14. The Morgan fingerprint density at radius 1 is 1.37 bits per heavy atom. The second kappa shape index (κ2) is 7.30. The van der Waals surface area contributed by atoms with Crippen LogP contribution in [0.5, 0.6) is 0 Å². The summed E-state index contributed by atoms with van der Waals surface area (Å²) in [5.41, 5.74) is 0.644. The lowest BCUT2D eigenvalue weighted by atomic mass is 10.0. The Balaban J connectivity index is 1.74. The molecule has 0 aromatic heterocycles. The van der Waals surface area contributed by atoms with Crippen LogP contribution in [0, 0.1) is 5.92 Å². The van der Waals surface area contributed by atoms with Crippen molar-refractivity contribution in [2.24, 2.45) is 5.92 Å². The molecule has 1 saturated carbocycles. The number of carbonyl (C=O) groups excluding carboxylic acids is 1. The molecule has 0 heterocycles. The minimum atomic E-state index is -0.0324. The van der Waals surface area contributed by atoms with E-state index in [9.17, 15) is 4.79 Å². The Morgan fingerprint density at radius 3 is 2.79 bits per heavy atom. The summed E-state index contributed by atoms with van der Waals surface area (Å²) < 4.78 is 0.744. The molecule has 0 saturated heterocycles. The fourth-order valence-corrected chi connectivity index (χ4v) is 3.52. The van der Waals surface area contributed by atoms with Crippen LogP contribution in [0.4, 0.5) is 0 Å². The molecule has 0 atom stereocenters. The van der Waals surface area contributed by atoms with Crippen LogP contribution < -0.4 is 5.32 Å². The van der Waals surface area contributed by atoms with Gasteiger partial charge in [-0.1, -0.05) is 37.3 Å². The Labute approximate surface area is 128 Å². The number of hydrogen-bond donors (Lipinski definition) is 1. The predicted octanol–water partition coefficient (Wildman–Crippen LogP) is 4.80. The molecule has 1 aromatic carbocycles. The van der Waals surface area contributed by atoms with Gasteiger partial charge in [0, 0.05) is 16.0 Å². The van der Waals surface area contributed by atoms with E-state index < -0.39 is 0 Å². The van der Waals surface area contributed by atoms with Gasteiger partial charge in [0.2, 0.25) is 0 Å². The molecule has 1 aliphatic rings. The second-order valence-electron chi connectivity index (χ2n) is 5.17. The third-order valence-corrected chi connectivity index (χ3v) is 4.62. The number of carbonyl (C=O) groups is 1. The molecule has 1 amide bonds. The normalized spacial score (nSPS) is 15.7. The minimum absolute atomic E-state index is 0.0324. The first-order chi connectivity index (χ1) is 9.16. The van der Waals surface area contributed by atoms with Crippen LogP contribution >= 0.6 is 27.5 Å². The molecule has 4 heteroatoms. The van der Waals surface area contributed by atoms with E-state index in [0.29, 0.717) is 10.6 Å². The average molecular weight is 345 g/mol. The summed E-state index contributed by atoms with van der Waals surface area (Å²) in [6, 6.07) is 5.23. The van der Waals surface area contributed by atoms with Crippen molar-refractivity contribution in [3.63, 3.8) is 0 Å². The summed E-state index contributed by atoms with van der Waals surface area (Å²) in [7, 11) is 0. The summed E-state index contributed by atoms with van der Waals surface area (Å²) in [5.74, 6) is 0.856. The third kappa shape index (κ3) is 4.50. The van der Waals surface area contributed by atoms with Crippen LogP contribution in [-0.4, -0.2) is 12.5 Å². The molecule has 19 heavy (non-hydrogen) atoms. The molecule has 0 bridgehead atoms. The van der Waals surface area contributed by atoms with Gasteiger partial charge in [0.15, 0.2) is 0 Å². The van der Waals surface area contributed by atoms with Gasteiger partial charge < -0.3 is 5.32 Å². The van der Waals surface area contributed by atoms with Gasteiger partial charge in [-0.3, -0.25) is 4.79 Å². The molecule has 0 spiro atoms. The Bertz CT molecular complexity index is 444. The zero-order valence-electron chi connectivity index (χ0n) is 10.9. The van der Waals surface area contributed by atoms with Gasteiger partial charge in [0.05, 0.1) is 5.56 Å². The summed E-state index contributed by atoms with van der Waals surface area (Å²) in [4.78, 5) is 12.0. The maximum absolute atomic E-state index is 12.0. The summed E-state index contributed by atoms with van der Waals surface area (Å²) in [6.07, 6.45) is 7.82. The largest absolute Gasteiger partial charge is 0.352 e. The second-order valence-corrected chi connectivity index (χ2v) is 6.46. The molecule has 0 unspecified atom stereocenters. The molecule has 1 aromatic rings. The smallest absolute Gasteiger partial charge is 0.252 e. The van der Waals surface area contributed by atoms with E-state index >= 15 is 0 Å². The third-order valence-electron chi connectivity index (χ3n) is 3.73. The molecule has 1 N–H and O–H groups in total. The van der Waals surface area contributed by atoms with E-state index in [4.69, 9.17) is 11.6 Å². The molecule has 2 nitrogen and oxygen atoms in total. The van der Waals surface area contributed by atoms with Crippen LogP contribution in [0.15, 0.2) is 22.7 Å². The SMILES string of the molecule is O=C(NCCCC1CCCC1)c1ccc(Cl)cc1Br. The van der Waals surface area contributed by atoms with E-state index in [2.05, 4.69) is 21.2 Å². The number of halogens is 2. The van der Waals surface area contributed by atoms with Crippen molar-refractivity contribution in [2.45, 2.75) is 38.5 Å². The van der Waals surface area contributed by atoms with Gasteiger partial charge in [-0.25, -0.2) is 0 Å². The average Bonchev–Trinajstić information content (AvgIpc) is 2.87. The Hall–Kier alpha value is -0.540. The van der Waals surface area contributed by atoms with Crippen molar-refractivity contribution in [3.05, 3.63) is 33.3 Å². The summed E-state index contributed by atoms with van der Waals surface area (Å²) >= 11 is 9.22. The Morgan fingerprint density at radius 2 is 2.11 bits per heavy atom. The van der Waals surface area contributed by atoms with Crippen LogP contribution in [0.2, 0.25) is 5.02 Å². The van der Waals surface area contributed by atoms with Gasteiger partial charge in [-0.15, -0.1) is 0 Å². The summed E-state index contributed by atoms with van der Waals surface area (Å²) in [5, 5.41) is 3.60. The Kier molecular flexibility index (Phi) is 5.71. The maximum Gasteiger partial charge on any atom is 0.252 e. The van der Waals surface area contributed by atoms with Gasteiger partial charge in [0.25, 0.3) is 5.91 Å². The predicted molar refractivity (Wildman–Crippen MR) is 82.7 cm³/mol. The van der Waals surface area contributed by atoms with E-state index in [-0.39, 0.29) is 5.91 Å². The molecular formula is C15H19BrClNO. The first-order valence-corrected chi connectivity index (χ1v) is 8.07. The molecule has 1 aliphatic carbocycles. The maximum atomic E-state index is 12.0. The van der Waals surface area contributed by atoms with Crippen molar-refractivity contribution < 1.29 is 4.79 Å². The monoisotopic (exact) mass is 343 g/mol. The van der Waals surface area contributed by atoms with Crippen LogP contribution in [-0.2, 0) is 0 Å². The van der Waals surface area contributed by atoms with E-state index in [1.165, 1.54) is 32.1 Å². The fraction of sp³-hybridized carbons (Fsp3) is 0.533. The van der Waals surface area contributed by atoms with Crippen molar-refractivity contribution in [1.29, 1.82) is 0 Å². The van der Waals surface area contributed by atoms with E-state index in [1.54, 1.807) is 18.2 Å². The summed E-state index contributed by atoms with van der Waals surface area (Å²) in [6.45, 7) is 0.754. The molecule has 0 aliphatic heterocycles. The number of nitrogens with one attached hydrogen (secondary N) is 1. The van der Waals surface area contributed by atoms with Gasteiger partial charge >= 0.3 is 0 Å². The van der Waals surface area contributed by atoms with Gasteiger partial charge in [-0.2, -0.15) is 0 Å². The molecule has 104 valence electrons. The minimum Gasteiger partial charge on any atom is -0.352 e. The van der Waals surface area contributed by atoms with E-state index in [0.717, 1.165) is 23.4 Å². The molecule has 0 radical (unpaired) electrons. The lowest BCUT2D eigenvalue weighted by Crippen LogP contribution is -2.25. The van der Waals surface area contributed by atoms with E-state index in [1.807, 2.05) is 0 Å². The molecule has 1 fully saturated rings. The standard InChI is InChI=1S/C15H19BrClNO/c16-14-10-12(17)7-8-13(14)15(19)18-9-3-6-11-4-1-2-5-11/h7-8,10-11H,1-6,9H2,(H,18,19). The highest BCUT2D eigenvalue weighted by Crippen LogP contribution is 2.28. The number of benzene rings is 1. The quantitative estimate of drug-likeness (QED) is 0.764. The van der Waals surface area contributed by atoms with Crippen LogP contribution in [0.1, 0.15) is 48.9 Å². The first kappa shape index (κ1) is 14.9. The number of rotatable bonds is 5. The number of hydrogen-bond acceptors (Lipinski definition) is 1. The fourth-order valence-electron chi connectivity index (χ4n) is 2.66. The van der Waals surface area contributed by atoms with Crippen molar-refractivity contribution in [2.75, 3.05) is 6.54 Å². The van der Waals surface area contributed by atoms with Crippen LogP contribution in [0.25, 0.3) is 0 Å². The molecular weight excluding hydrogens is 326 g/mol. The first-order valence-electron chi connectivity index (χ1n) is 6.90. The van der Waals surface area contributed by atoms with Crippen molar-refractivity contribution >= 4 is 33.4 Å².